The van der Waals surface area contributed by atoms with Crippen molar-refractivity contribution in [2.24, 2.45) is 0 Å². The van der Waals surface area contributed by atoms with Crippen LogP contribution in [0.3, 0.4) is 0 Å². The molecule has 1 heterocycles. The SMILES string of the molecule is CC=Cc1ccnnc1. The first-order chi connectivity index (χ1) is 4.43. The summed E-state index contributed by atoms with van der Waals surface area (Å²) in [7, 11) is 0. The van der Waals surface area contributed by atoms with Crippen LogP contribution in [0.2, 0.25) is 0 Å². The van der Waals surface area contributed by atoms with E-state index in [9.17, 15) is 0 Å². The molecule has 0 aromatic carbocycles. The van der Waals surface area contributed by atoms with Crippen LogP contribution in [0, 0.1) is 0 Å². The van der Waals surface area contributed by atoms with E-state index in [1.807, 2.05) is 25.1 Å². The zero-order valence-corrected chi connectivity index (χ0v) is 5.28. The Balaban J connectivity index is 2.85. The Kier molecular flexibility index (Phi) is 1.96. The Hall–Kier alpha value is -1.18. The maximum Gasteiger partial charge on any atom is 0.0568 e. The van der Waals surface area contributed by atoms with Gasteiger partial charge in [-0.15, -0.1) is 0 Å². The Bertz CT molecular complexity index is 191. The lowest BCUT2D eigenvalue weighted by atomic mass is 10.3. The molecule has 2 nitrogen and oxygen atoms in total. The summed E-state index contributed by atoms with van der Waals surface area (Å²) in [5, 5.41) is 7.35. The molecule has 0 fully saturated rings. The fraction of sp³-hybridized carbons (Fsp3) is 0.143. The minimum Gasteiger partial charge on any atom is -0.159 e. The second-order valence-corrected chi connectivity index (χ2v) is 1.68. The normalized spacial score (nSPS) is 10.3. The quantitative estimate of drug-likeness (QED) is 0.561. The van der Waals surface area contributed by atoms with Gasteiger partial charge in [-0.3, -0.25) is 0 Å². The molecule has 1 aromatic heterocycles. The van der Waals surface area contributed by atoms with E-state index < -0.39 is 0 Å². The molecule has 0 amide bonds. The number of hydrogen-bond acceptors (Lipinski definition) is 2. The number of aromatic nitrogens is 2. The van der Waals surface area contributed by atoms with Gasteiger partial charge in [-0.1, -0.05) is 12.2 Å². The Labute approximate surface area is 54.2 Å². The van der Waals surface area contributed by atoms with Crippen LogP contribution in [-0.2, 0) is 0 Å². The van der Waals surface area contributed by atoms with E-state index in [-0.39, 0.29) is 0 Å². The third kappa shape index (κ3) is 1.64. The van der Waals surface area contributed by atoms with Crippen LogP contribution >= 0.6 is 0 Å². The van der Waals surface area contributed by atoms with Crippen molar-refractivity contribution in [2.45, 2.75) is 6.92 Å². The number of nitrogens with zero attached hydrogens (tertiary/aromatic N) is 2. The third-order valence-electron chi connectivity index (χ3n) is 0.966. The Morgan fingerprint density at radius 1 is 1.44 bits per heavy atom. The zero-order chi connectivity index (χ0) is 6.53. The van der Waals surface area contributed by atoms with Crippen molar-refractivity contribution in [3.05, 3.63) is 30.1 Å². The fourth-order valence-corrected chi connectivity index (χ4v) is 0.592. The van der Waals surface area contributed by atoms with Gasteiger partial charge in [0.25, 0.3) is 0 Å². The summed E-state index contributed by atoms with van der Waals surface area (Å²) in [4.78, 5) is 0. The molecule has 46 valence electrons. The molecule has 1 rings (SSSR count). The number of allylic oxidation sites excluding steroid dienone is 1. The lowest BCUT2D eigenvalue weighted by molar-refractivity contribution is 1.03. The van der Waals surface area contributed by atoms with Crippen molar-refractivity contribution in [2.75, 3.05) is 0 Å². The summed E-state index contributed by atoms with van der Waals surface area (Å²) >= 11 is 0. The van der Waals surface area contributed by atoms with Gasteiger partial charge in [0.2, 0.25) is 0 Å². The molecule has 9 heavy (non-hydrogen) atoms. The largest absolute Gasteiger partial charge is 0.159 e. The van der Waals surface area contributed by atoms with Gasteiger partial charge in [0.05, 0.1) is 12.4 Å². The zero-order valence-electron chi connectivity index (χ0n) is 5.28. The molecule has 0 atom stereocenters. The molecule has 0 spiro atoms. The minimum atomic E-state index is 1.09. The molecule has 0 saturated heterocycles. The monoisotopic (exact) mass is 120 g/mol. The molecular weight excluding hydrogens is 112 g/mol. The maximum absolute atomic E-state index is 3.70. The molecule has 1 aromatic rings. The van der Waals surface area contributed by atoms with Gasteiger partial charge in [0.15, 0.2) is 0 Å². The second kappa shape index (κ2) is 2.97. The van der Waals surface area contributed by atoms with E-state index in [0.29, 0.717) is 0 Å². The van der Waals surface area contributed by atoms with Crippen LogP contribution in [0.5, 0.6) is 0 Å². The highest BCUT2D eigenvalue weighted by atomic mass is 15.1. The lowest BCUT2D eigenvalue weighted by Gasteiger charge is -1.85. The fourth-order valence-electron chi connectivity index (χ4n) is 0.592. The van der Waals surface area contributed by atoms with E-state index in [4.69, 9.17) is 0 Å². The van der Waals surface area contributed by atoms with Gasteiger partial charge in [-0.05, 0) is 18.6 Å². The molecule has 0 aliphatic carbocycles. The first kappa shape index (κ1) is 5.95. The minimum absolute atomic E-state index is 1.09. The van der Waals surface area contributed by atoms with Crippen molar-refractivity contribution in [1.82, 2.24) is 10.2 Å². The first-order valence-electron chi connectivity index (χ1n) is 2.83. The van der Waals surface area contributed by atoms with Crippen LogP contribution in [0.1, 0.15) is 12.5 Å². The van der Waals surface area contributed by atoms with Crippen LogP contribution in [-0.4, -0.2) is 10.2 Å². The highest BCUT2D eigenvalue weighted by Gasteiger charge is 1.79. The summed E-state index contributed by atoms with van der Waals surface area (Å²) in [6, 6.07) is 1.91. The summed E-state index contributed by atoms with van der Waals surface area (Å²) < 4.78 is 0. The molecule has 0 radical (unpaired) electrons. The topological polar surface area (TPSA) is 25.8 Å². The van der Waals surface area contributed by atoms with Gasteiger partial charge in [-0.2, -0.15) is 10.2 Å². The van der Waals surface area contributed by atoms with Crippen LogP contribution in [0.25, 0.3) is 6.08 Å². The van der Waals surface area contributed by atoms with Gasteiger partial charge in [-0.25, -0.2) is 0 Å². The summed E-state index contributed by atoms with van der Waals surface area (Å²) in [5.41, 5.74) is 1.09. The molecule has 0 aliphatic rings. The highest BCUT2D eigenvalue weighted by molar-refractivity contribution is 5.46. The van der Waals surface area contributed by atoms with Crippen molar-refractivity contribution in [1.29, 1.82) is 0 Å². The van der Waals surface area contributed by atoms with Crippen molar-refractivity contribution >= 4 is 6.08 Å². The van der Waals surface area contributed by atoms with Crippen molar-refractivity contribution in [3.8, 4) is 0 Å². The highest BCUT2D eigenvalue weighted by Crippen LogP contribution is 1.95. The third-order valence-corrected chi connectivity index (χ3v) is 0.966. The van der Waals surface area contributed by atoms with Crippen molar-refractivity contribution < 1.29 is 0 Å². The van der Waals surface area contributed by atoms with Gasteiger partial charge < -0.3 is 0 Å². The maximum atomic E-state index is 3.70. The van der Waals surface area contributed by atoms with E-state index in [1.165, 1.54) is 0 Å². The predicted octanol–water partition coefficient (Wildman–Crippen LogP) is 1.51. The first-order valence-corrected chi connectivity index (χ1v) is 2.83. The Morgan fingerprint density at radius 2 is 2.33 bits per heavy atom. The molecule has 0 N–H and O–H groups in total. The number of hydrogen-bond donors (Lipinski definition) is 0. The average Bonchev–Trinajstić information content (AvgIpc) is 1.91. The van der Waals surface area contributed by atoms with Crippen LogP contribution in [0.4, 0.5) is 0 Å². The molecule has 0 aliphatic heterocycles. The van der Waals surface area contributed by atoms with E-state index >= 15 is 0 Å². The Morgan fingerprint density at radius 3 is 2.89 bits per heavy atom. The molecule has 0 unspecified atom stereocenters. The van der Waals surface area contributed by atoms with E-state index in [1.54, 1.807) is 12.4 Å². The van der Waals surface area contributed by atoms with E-state index in [2.05, 4.69) is 10.2 Å². The molecule has 0 saturated carbocycles. The van der Waals surface area contributed by atoms with Crippen LogP contribution in [0.15, 0.2) is 24.5 Å². The second-order valence-electron chi connectivity index (χ2n) is 1.68. The molecule has 0 bridgehead atoms. The number of rotatable bonds is 1. The van der Waals surface area contributed by atoms with Gasteiger partial charge in [0.1, 0.15) is 0 Å². The molecule has 2 heteroatoms. The predicted molar refractivity (Wildman–Crippen MR) is 36.7 cm³/mol. The van der Waals surface area contributed by atoms with Gasteiger partial charge in [0, 0.05) is 0 Å². The average molecular weight is 120 g/mol. The van der Waals surface area contributed by atoms with Crippen LogP contribution < -0.4 is 0 Å². The summed E-state index contributed by atoms with van der Waals surface area (Å²) in [6.45, 7) is 1.97. The summed E-state index contributed by atoms with van der Waals surface area (Å²) in [5.74, 6) is 0. The van der Waals surface area contributed by atoms with Crippen molar-refractivity contribution in [3.63, 3.8) is 0 Å². The van der Waals surface area contributed by atoms with Gasteiger partial charge >= 0.3 is 0 Å². The lowest BCUT2D eigenvalue weighted by Crippen LogP contribution is -1.77. The summed E-state index contributed by atoms with van der Waals surface area (Å²) in [6.07, 6.45) is 7.35. The van der Waals surface area contributed by atoms with E-state index in [0.717, 1.165) is 5.56 Å². The molecular formula is C7H8N2. The standard InChI is InChI=1S/C7H8N2/c1-2-3-7-4-5-8-9-6-7/h2-6H,1H3. The smallest absolute Gasteiger partial charge is 0.0568 e.